The van der Waals surface area contributed by atoms with Crippen molar-refractivity contribution in [1.29, 1.82) is 5.26 Å². The van der Waals surface area contributed by atoms with E-state index in [4.69, 9.17) is 10.00 Å². The van der Waals surface area contributed by atoms with Crippen LogP contribution in [0.5, 0.6) is 5.75 Å². The van der Waals surface area contributed by atoms with Crippen LogP contribution in [-0.4, -0.2) is 18.3 Å². The quantitative estimate of drug-likeness (QED) is 0.876. The monoisotopic (exact) mass is 326 g/mol. The lowest BCUT2D eigenvalue weighted by Gasteiger charge is -2.12. The highest BCUT2D eigenvalue weighted by atomic mass is 32.2. The van der Waals surface area contributed by atoms with E-state index in [0.29, 0.717) is 5.56 Å². The fourth-order valence-electron chi connectivity index (χ4n) is 1.89. The van der Waals surface area contributed by atoms with E-state index >= 15 is 0 Å². The molecule has 0 aliphatic heterocycles. The minimum absolute atomic E-state index is 0.0335. The Bertz CT molecular complexity index is 690. The van der Waals surface area contributed by atoms with Crippen LogP contribution in [-0.2, 0) is 10.5 Å². The van der Waals surface area contributed by atoms with Gasteiger partial charge in [0.2, 0.25) is 5.91 Å². The number of rotatable bonds is 6. The first kappa shape index (κ1) is 16.9. The van der Waals surface area contributed by atoms with Crippen LogP contribution in [0.2, 0.25) is 0 Å². The number of nitriles is 1. The summed E-state index contributed by atoms with van der Waals surface area (Å²) in [6.45, 7) is 1.88. The lowest BCUT2D eigenvalue weighted by Crippen LogP contribution is -2.22. The molecule has 0 saturated heterocycles. The molecule has 2 rings (SSSR count). The number of nitrogens with zero attached hydrogens (tertiary/aromatic N) is 1. The number of benzene rings is 2. The van der Waals surface area contributed by atoms with E-state index in [9.17, 15) is 4.79 Å². The second kappa shape index (κ2) is 8.25. The molecule has 118 valence electrons. The molecule has 0 aliphatic carbocycles. The predicted octanol–water partition coefficient (Wildman–Crippen LogP) is 3.83. The van der Waals surface area contributed by atoms with Gasteiger partial charge in [0.1, 0.15) is 5.75 Å². The fraction of sp³-hybridized carbons (Fsp3) is 0.222. The Balaban J connectivity index is 1.85. The van der Waals surface area contributed by atoms with Gasteiger partial charge in [-0.3, -0.25) is 4.79 Å². The van der Waals surface area contributed by atoms with Crippen molar-refractivity contribution in [3.63, 3.8) is 0 Å². The third-order valence-electron chi connectivity index (χ3n) is 3.31. The first-order chi connectivity index (χ1) is 11.1. The van der Waals surface area contributed by atoms with Crippen molar-refractivity contribution in [2.24, 2.45) is 0 Å². The molecule has 23 heavy (non-hydrogen) atoms. The SMILES string of the molecule is COc1ccc(NC(=O)C(C)SCc2ccc(C#N)cc2)cc1. The van der Waals surface area contributed by atoms with Crippen LogP contribution in [0.4, 0.5) is 5.69 Å². The molecule has 0 bridgehead atoms. The van der Waals surface area contributed by atoms with E-state index in [1.165, 1.54) is 0 Å². The molecule has 1 unspecified atom stereocenters. The highest BCUT2D eigenvalue weighted by molar-refractivity contribution is 7.99. The van der Waals surface area contributed by atoms with Gasteiger partial charge in [0.15, 0.2) is 0 Å². The van der Waals surface area contributed by atoms with E-state index in [0.717, 1.165) is 22.8 Å². The number of methoxy groups -OCH3 is 1. The van der Waals surface area contributed by atoms with Gasteiger partial charge >= 0.3 is 0 Å². The summed E-state index contributed by atoms with van der Waals surface area (Å²) in [6, 6.07) is 16.8. The Morgan fingerprint density at radius 1 is 1.22 bits per heavy atom. The number of amides is 1. The van der Waals surface area contributed by atoms with Crippen LogP contribution in [0.15, 0.2) is 48.5 Å². The van der Waals surface area contributed by atoms with E-state index < -0.39 is 0 Å². The first-order valence-electron chi connectivity index (χ1n) is 7.18. The van der Waals surface area contributed by atoms with Gasteiger partial charge in [0.25, 0.3) is 0 Å². The normalized spacial score (nSPS) is 11.3. The Morgan fingerprint density at radius 3 is 2.43 bits per heavy atom. The minimum Gasteiger partial charge on any atom is -0.497 e. The third kappa shape index (κ3) is 5.04. The maximum atomic E-state index is 12.2. The molecule has 0 aliphatic rings. The molecule has 5 heteroatoms. The van der Waals surface area contributed by atoms with Gasteiger partial charge in [-0.2, -0.15) is 5.26 Å². The highest BCUT2D eigenvalue weighted by Gasteiger charge is 2.13. The number of ether oxygens (including phenoxy) is 1. The first-order valence-corrected chi connectivity index (χ1v) is 8.23. The average Bonchev–Trinajstić information content (AvgIpc) is 2.60. The van der Waals surface area contributed by atoms with Crippen molar-refractivity contribution >= 4 is 23.4 Å². The van der Waals surface area contributed by atoms with Gasteiger partial charge in [-0.05, 0) is 48.9 Å². The number of anilines is 1. The van der Waals surface area contributed by atoms with Crippen LogP contribution in [0.1, 0.15) is 18.1 Å². The molecule has 0 heterocycles. The molecule has 1 atom stereocenters. The molecular weight excluding hydrogens is 308 g/mol. The zero-order chi connectivity index (χ0) is 16.7. The van der Waals surface area contributed by atoms with Gasteiger partial charge in [-0.1, -0.05) is 12.1 Å². The zero-order valence-corrected chi connectivity index (χ0v) is 13.9. The van der Waals surface area contributed by atoms with Crippen LogP contribution < -0.4 is 10.1 Å². The predicted molar refractivity (Wildman–Crippen MR) is 93.5 cm³/mol. The molecule has 0 saturated carbocycles. The molecule has 4 nitrogen and oxygen atoms in total. The van der Waals surface area contributed by atoms with Gasteiger partial charge in [-0.25, -0.2) is 0 Å². The van der Waals surface area contributed by atoms with E-state index in [1.54, 1.807) is 31.0 Å². The Hall–Kier alpha value is -2.45. The van der Waals surface area contributed by atoms with E-state index in [2.05, 4.69) is 11.4 Å². The summed E-state index contributed by atoms with van der Waals surface area (Å²) < 4.78 is 5.09. The highest BCUT2D eigenvalue weighted by Crippen LogP contribution is 2.20. The lowest BCUT2D eigenvalue weighted by atomic mass is 10.2. The summed E-state index contributed by atoms with van der Waals surface area (Å²) in [7, 11) is 1.61. The molecule has 1 N–H and O–H groups in total. The summed E-state index contributed by atoms with van der Waals surface area (Å²) in [5, 5.41) is 11.5. The van der Waals surface area contributed by atoms with Gasteiger partial charge < -0.3 is 10.1 Å². The van der Waals surface area contributed by atoms with Crippen LogP contribution in [0.25, 0.3) is 0 Å². The van der Waals surface area contributed by atoms with Gasteiger partial charge in [0.05, 0.1) is 24.0 Å². The van der Waals surface area contributed by atoms with Crippen molar-refractivity contribution < 1.29 is 9.53 Å². The van der Waals surface area contributed by atoms with Crippen LogP contribution in [0, 0.1) is 11.3 Å². The smallest absolute Gasteiger partial charge is 0.237 e. The van der Waals surface area contributed by atoms with Crippen molar-refractivity contribution in [3.05, 3.63) is 59.7 Å². The van der Waals surface area contributed by atoms with Crippen molar-refractivity contribution in [2.75, 3.05) is 12.4 Å². The van der Waals surface area contributed by atoms with Crippen LogP contribution in [0.3, 0.4) is 0 Å². The summed E-state index contributed by atoms with van der Waals surface area (Å²) in [5.74, 6) is 1.45. The Morgan fingerprint density at radius 2 is 1.87 bits per heavy atom. The molecule has 0 spiro atoms. The maximum absolute atomic E-state index is 12.2. The van der Waals surface area contributed by atoms with Crippen molar-refractivity contribution in [1.82, 2.24) is 0 Å². The molecule has 1 amide bonds. The number of nitrogens with one attached hydrogen (secondary N) is 1. The van der Waals surface area contributed by atoms with Crippen molar-refractivity contribution in [2.45, 2.75) is 17.9 Å². The Kier molecular flexibility index (Phi) is 6.07. The van der Waals surface area contributed by atoms with Crippen molar-refractivity contribution in [3.8, 4) is 11.8 Å². The standard InChI is InChI=1S/C18H18N2O2S/c1-13(23-12-15-5-3-14(11-19)4-6-15)18(21)20-16-7-9-17(22-2)10-8-16/h3-10,13H,12H2,1-2H3,(H,20,21). The number of carbonyl (C=O) groups is 1. The van der Waals surface area contributed by atoms with E-state index in [1.807, 2.05) is 43.3 Å². The number of hydrogen-bond acceptors (Lipinski definition) is 4. The molecule has 0 fully saturated rings. The third-order valence-corrected chi connectivity index (χ3v) is 4.52. The maximum Gasteiger partial charge on any atom is 0.237 e. The molecular formula is C18H18N2O2S. The molecule has 0 aromatic heterocycles. The van der Waals surface area contributed by atoms with Gasteiger partial charge in [-0.15, -0.1) is 11.8 Å². The summed E-state index contributed by atoms with van der Waals surface area (Å²) >= 11 is 1.56. The number of carbonyl (C=O) groups excluding carboxylic acids is 1. The van der Waals surface area contributed by atoms with Gasteiger partial charge in [0, 0.05) is 11.4 Å². The zero-order valence-electron chi connectivity index (χ0n) is 13.1. The largest absolute Gasteiger partial charge is 0.497 e. The topological polar surface area (TPSA) is 62.1 Å². The molecule has 0 radical (unpaired) electrons. The summed E-state index contributed by atoms with van der Waals surface area (Å²) in [4.78, 5) is 12.2. The summed E-state index contributed by atoms with van der Waals surface area (Å²) in [5.41, 5.74) is 2.49. The minimum atomic E-state index is -0.173. The lowest BCUT2D eigenvalue weighted by molar-refractivity contribution is -0.115. The fourth-order valence-corrected chi connectivity index (χ4v) is 2.74. The summed E-state index contributed by atoms with van der Waals surface area (Å²) in [6.07, 6.45) is 0. The number of thioether (sulfide) groups is 1. The molecule has 2 aromatic carbocycles. The Labute approximate surface area is 140 Å². The number of hydrogen-bond donors (Lipinski definition) is 1. The van der Waals surface area contributed by atoms with E-state index in [-0.39, 0.29) is 11.2 Å². The second-order valence-electron chi connectivity index (χ2n) is 4.98. The molecule has 2 aromatic rings. The van der Waals surface area contributed by atoms with Crippen LogP contribution >= 0.6 is 11.8 Å². The second-order valence-corrected chi connectivity index (χ2v) is 6.31. The average molecular weight is 326 g/mol.